The molecule has 1 aliphatic heterocycles. The fourth-order valence-electron chi connectivity index (χ4n) is 1.18. The van der Waals surface area contributed by atoms with Crippen LogP contribution in [0.1, 0.15) is 21.1 Å². The molecular weight excluding hydrogens is 172 g/mol. The van der Waals surface area contributed by atoms with Gasteiger partial charge in [0.25, 0.3) is 0 Å². The number of thiazole rings is 1. The van der Waals surface area contributed by atoms with Crippen molar-refractivity contribution in [1.82, 2.24) is 9.88 Å². The van der Waals surface area contributed by atoms with Crippen molar-refractivity contribution < 1.29 is 4.79 Å². The molecular formula is C8H10N2OS. The fourth-order valence-corrected chi connectivity index (χ4v) is 1.96. The van der Waals surface area contributed by atoms with Gasteiger partial charge >= 0.3 is 0 Å². The number of aldehydes is 1. The maximum atomic E-state index is 10.3. The first kappa shape index (κ1) is 7.89. The number of carbonyl (C=O) groups is 1. The van der Waals surface area contributed by atoms with Crippen LogP contribution in [0.5, 0.6) is 0 Å². The van der Waals surface area contributed by atoms with E-state index in [-0.39, 0.29) is 0 Å². The first-order chi connectivity index (χ1) is 5.88. The molecule has 0 amide bonds. The van der Waals surface area contributed by atoms with Crippen LogP contribution in [0.15, 0.2) is 6.20 Å². The quantitative estimate of drug-likeness (QED) is 0.658. The van der Waals surface area contributed by atoms with Crippen molar-refractivity contribution in [2.45, 2.75) is 13.0 Å². The van der Waals surface area contributed by atoms with Crippen molar-refractivity contribution in [1.29, 1.82) is 0 Å². The van der Waals surface area contributed by atoms with Crippen LogP contribution in [0.4, 0.5) is 0 Å². The Morgan fingerprint density at radius 2 is 2.50 bits per heavy atom. The second kappa shape index (κ2) is 3.33. The third-order valence-electron chi connectivity index (χ3n) is 2.00. The predicted molar refractivity (Wildman–Crippen MR) is 47.4 cm³/mol. The normalized spacial score (nSPS) is 17.3. The fraction of sp³-hybridized carbons (Fsp3) is 0.500. The number of carbonyl (C=O) groups excluding carboxylic acids is 1. The van der Waals surface area contributed by atoms with E-state index in [1.165, 1.54) is 30.8 Å². The van der Waals surface area contributed by atoms with Gasteiger partial charge in [0, 0.05) is 6.20 Å². The number of hydrogen-bond donors (Lipinski definition) is 0. The van der Waals surface area contributed by atoms with Crippen LogP contribution >= 0.6 is 11.3 Å². The van der Waals surface area contributed by atoms with E-state index in [4.69, 9.17) is 0 Å². The standard InChI is InChI=1S/C8H10N2OS/c11-6-7-4-9-8(12-7)5-10-2-1-3-10/h4,6H,1-3,5H2. The first-order valence-corrected chi connectivity index (χ1v) is 4.82. The van der Waals surface area contributed by atoms with Crippen molar-refractivity contribution in [2.75, 3.05) is 13.1 Å². The largest absolute Gasteiger partial charge is 0.297 e. The lowest BCUT2D eigenvalue weighted by atomic mass is 10.2. The molecule has 0 radical (unpaired) electrons. The van der Waals surface area contributed by atoms with E-state index in [1.807, 2.05) is 0 Å². The molecule has 0 atom stereocenters. The summed E-state index contributed by atoms with van der Waals surface area (Å²) in [6, 6.07) is 0. The minimum Gasteiger partial charge on any atom is -0.297 e. The van der Waals surface area contributed by atoms with Crippen molar-refractivity contribution in [3.63, 3.8) is 0 Å². The van der Waals surface area contributed by atoms with Gasteiger partial charge < -0.3 is 0 Å². The summed E-state index contributed by atoms with van der Waals surface area (Å²) in [5.41, 5.74) is 0. The van der Waals surface area contributed by atoms with E-state index in [2.05, 4.69) is 9.88 Å². The zero-order chi connectivity index (χ0) is 8.39. The molecule has 4 heteroatoms. The van der Waals surface area contributed by atoms with Crippen LogP contribution in [0, 0.1) is 0 Å². The highest BCUT2D eigenvalue weighted by Gasteiger charge is 2.15. The first-order valence-electron chi connectivity index (χ1n) is 4.01. The summed E-state index contributed by atoms with van der Waals surface area (Å²) in [5, 5.41) is 1.05. The van der Waals surface area contributed by atoms with Crippen LogP contribution in [0.3, 0.4) is 0 Å². The summed E-state index contributed by atoms with van der Waals surface area (Å²) in [6.45, 7) is 3.27. The van der Waals surface area contributed by atoms with Gasteiger partial charge in [0.15, 0.2) is 6.29 Å². The predicted octanol–water partition coefficient (Wildman–Crippen LogP) is 1.16. The molecule has 2 rings (SSSR count). The maximum Gasteiger partial charge on any atom is 0.161 e. The molecule has 0 unspecified atom stereocenters. The number of rotatable bonds is 3. The van der Waals surface area contributed by atoms with E-state index in [9.17, 15) is 4.79 Å². The van der Waals surface area contributed by atoms with Crippen molar-refractivity contribution in [3.05, 3.63) is 16.1 Å². The zero-order valence-electron chi connectivity index (χ0n) is 6.69. The number of aromatic nitrogens is 1. The monoisotopic (exact) mass is 182 g/mol. The number of likely N-dealkylation sites (tertiary alicyclic amines) is 1. The van der Waals surface area contributed by atoms with Crippen LogP contribution in [0.25, 0.3) is 0 Å². The van der Waals surface area contributed by atoms with Crippen LogP contribution in [-0.2, 0) is 6.54 Å². The Morgan fingerprint density at radius 1 is 1.67 bits per heavy atom. The van der Waals surface area contributed by atoms with E-state index >= 15 is 0 Å². The van der Waals surface area contributed by atoms with E-state index in [0.29, 0.717) is 0 Å². The third-order valence-corrected chi connectivity index (χ3v) is 2.90. The Kier molecular flexibility index (Phi) is 2.19. The lowest BCUT2D eigenvalue weighted by Crippen LogP contribution is -2.36. The Bertz CT molecular complexity index is 280. The van der Waals surface area contributed by atoms with Crippen LogP contribution < -0.4 is 0 Å². The van der Waals surface area contributed by atoms with Gasteiger partial charge in [-0.3, -0.25) is 9.69 Å². The second-order valence-electron chi connectivity index (χ2n) is 2.90. The van der Waals surface area contributed by atoms with Gasteiger partial charge in [-0.05, 0) is 19.5 Å². The minimum absolute atomic E-state index is 0.727. The average Bonchev–Trinajstić information content (AvgIpc) is 2.44. The molecule has 0 N–H and O–H groups in total. The lowest BCUT2D eigenvalue weighted by Gasteiger charge is -2.29. The number of hydrogen-bond acceptors (Lipinski definition) is 4. The molecule has 3 nitrogen and oxygen atoms in total. The molecule has 0 saturated carbocycles. The van der Waals surface area contributed by atoms with Crippen LogP contribution in [-0.4, -0.2) is 29.3 Å². The zero-order valence-corrected chi connectivity index (χ0v) is 7.51. The lowest BCUT2D eigenvalue weighted by molar-refractivity contribution is 0.112. The summed E-state index contributed by atoms with van der Waals surface area (Å²) < 4.78 is 0. The summed E-state index contributed by atoms with van der Waals surface area (Å²) in [4.78, 5) is 17.6. The summed E-state index contributed by atoms with van der Waals surface area (Å²) in [5.74, 6) is 0. The van der Waals surface area contributed by atoms with Gasteiger partial charge in [-0.2, -0.15) is 0 Å². The SMILES string of the molecule is O=Cc1cnc(CN2CCC2)s1. The Morgan fingerprint density at radius 3 is 3.00 bits per heavy atom. The highest BCUT2D eigenvalue weighted by Crippen LogP contribution is 2.16. The van der Waals surface area contributed by atoms with Crippen molar-refractivity contribution >= 4 is 17.6 Å². The van der Waals surface area contributed by atoms with E-state index in [1.54, 1.807) is 6.20 Å². The highest BCUT2D eigenvalue weighted by atomic mass is 32.1. The van der Waals surface area contributed by atoms with Crippen molar-refractivity contribution in [2.24, 2.45) is 0 Å². The molecule has 1 aromatic heterocycles. The Hall–Kier alpha value is -0.740. The summed E-state index contributed by atoms with van der Waals surface area (Å²) in [7, 11) is 0. The van der Waals surface area contributed by atoms with Crippen LogP contribution in [0.2, 0.25) is 0 Å². The van der Waals surface area contributed by atoms with E-state index in [0.717, 1.165) is 22.7 Å². The molecule has 1 aliphatic rings. The summed E-state index contributed by atoms with van der Waals surface area (Å²) >= 11 is 1.49. The molecule has 0 aromatic carbocycles. The molecule has 0 bridgehead atoms. The van der Waals surface area contributed by atoms with Crippen molar-refractivity contribution in [3.8, 4) is 0 Å². The molecule has 0 aliphatic carbocycles. The maximum absolute atomic E-state index is 10.3. The smallest absolute Gasteiger partial charge is 0.161 e. The molecule has 0 spiro atoms. The number of nitrogens with zero attached hydrogens (tertiary/aromatic N) is 2. The van der Waals surface area contributed by atoms with Gasteiger partial charge in [-0.25, -0.2) is 4.98 Å². The average molecular weight is 182 g/mol. The highest BCUT2D eigenvalue weighted by molar-refractivity contribution is 7.13. The topological polar surface area (TPSA) is 33.2 Å². The minimum atomic E-state index is 0.727. The second-order valence-corrected chi connectivity index (χ2v) is 4.05. The van der Waals surface area contributed by atoms with Gasteiger partial charge in [-0.1, -0.05) is 0 Å². The van der Waals surface area contributed by atoms with Gasteiger partial charge in [0.1, 0.15) is 5.01 Å². The molecule has 64 valence electrons. The molecule has 12 heavy (non-hydrogen) atoms. The van der Waals surface area contributed by atoms with E-state index < -0.39 is 0 Å². The molecule has 1 fully saturated rings. The molecule has 2 heterocycles. The molecule has 1 aromatic rings. The molecule has 1 saturated heterocycles. The van der Waals surface area contributed by atoms with Gasteiger partial charge in [-0.15, -0.1) is 11.3 Å². The Labute approximate surface area is 75.0 Å². The third kappa shape index (κ3) is 1.54. The Balaban J connectivity index is 1.97. The van der Waals surface area contributed by atoms with Gasteiger partial charge in [0.2, 0.25) is 0 Å². The van der Waals surface area contributed by atoms with Gasteiger partial charge in [0.05, 0.1) is 11.4 Å². The summed E-state index contributed by atoms with van der Waals surface area (Å²) in [6.07, 6.45) is 3.80.